The number of likely N-dealkylation sites (tertiary alicyclic amines) is 1. The lowest BCUT2D eigenvalue weighted by atomic mass is 9.51. The normalized spacial score (nSPS) is 30.6. The van der Waals surface area contributed by atoms with Gasteiger partial charge in [0.05, 0.1) is 42.4 Å². The molecule has 41 heavy (non-hydrogen) atoms. The molecule has 0 radical (unpaired) electrons. The number of aromatic hydroxyl groups is 1. The highest BCUT2D eigenvalue weighted by molar-refractivity contribution is 6.24. The first kappa shape index (κ1) is 26.7. The van der Waals surface area contributed by atoms with Gasteiger partial charge in [-0.2, -0.15) is 0 Å². The molecule has 0 bridgehead atoms. The number of benzene rings is 2. The molecule has 212 valence electrons. The molecule has 2 saturated heterocycles. The van der Waals surface area contributed by atoms with Crippen LogP contribution in [0.5, 0.6) is 11.5 Å². The second-order valence-corrected chi connectivity index (χ2v) is 11.4. The SMILES string of the molecule is COc1cccc(O)c1[C@H]1C2=CC[C@@H]3C(=O)N(CCC(=O)O)C(=O)[C@@H]3[C@@H]2C[C@H]2C(=O)N(c3ccccc3)C(=O)[C@@]12C. The monoisotopic (exact) mass is 558 g/mol. The van der Waals surface area contributed by atoms with Gasteiger partial charge < -0.3 is 14.9 Å². The van der Waals surface area contributed by atoms with Crippen LogP contribution in [-0.2, 0) is 24.0 Å². The lowest BCUT2D eigenvalue weighted by Gasteiger charge is -2.49. The summed E-state index contributed by atoms with van der Waals surface area (Å²) in [6.07, 6.45) is 1.90. The molecule has 1 saturated carbocycles. The lowest BCUT2D eigenvalue weighted by molar-refractivity contribution is -0.142. The Balaban J connectivity index is 1.52. The van der Waals surface area contributed by atoms with Gasteiger partial charge in [0.25, 0.3) is 0 Å². The third-order valence-corrected chi connectivity index (χ3v) is 9.48. The average molecular weight is 559 g/mol. The van der Waals surface area contributed by atoms with E-state index in [2.05, 4.69) is 0 Å². The summed E-state index contributed by atoms with van der Waals surface area (Å²) in [5, 5.41) is 20.3. The Morgan fingerprint density at radius 2 is 1.73 bits per heavy atom. The first-order valence-electron chi connectivity index (χ1n) is 13.7. The quantitative estimate of drug-likeness (QED) is 0.407. The lowest BCUT2D eigenvalue weighted by Crippen LogP contribution is -2.49. The van der Waals surface area contributed by atoms with Crippen molar-refractivity contribution in [2.24, 2.45) is 29.1 Å². The molecular formula is C31H30N2O8. The number of hydrogen-bond donors (Lipinski definition) is 2. The number of carboxylic acid groups (broad SMARTS) is 1. The van der Waals surface area contributed by atoms with E-state index in [-0.39, 0.29) is 31.6 Å². The second-order valence-electron chi connectivity index (χ2n) is 11.4. The summed E-state index contributed by atoms with van der Waals surface area (Å²) in [6, 6.07) is 13.5. The fourth-order valence-corrected chi connectivity index (χ4v) is 7.64. The number of phenolic OH excluding ortho intramolecular Hbond substituents is 1. The summed E-state index contributed by atoms with van der Waals surface area (Å²) in [7, 11) is 1.46. The standard InChI is InChI=1S/C31H30N2O8/c1-31-20(28(38)33(30(31)40)16-7-4-3-5-8-16)15-19-17(26(31)25-21(34)9-6-10-22(25)41-2)11-12-18-24(19)29(39)32(27(18)37)14-13-23(35)36/h3-11,18-20,24,26,34H,12-15H2,1-2H3,(H,35,36)/t18-,19+,20-,24-,26+,31+/m0/s1. The molecule has 4 aliphatic rings. The van der Waals surface area contributed by atoms with E-state index in [4.69, 9.17) is 9.84 Å². The number of allylic oxidation sites excluding steroid dienone is 2. The van der Waals surface area contributed by atoms with Crippen LogP contribution in [0.4, 0.5) is 5.69 Å². The Labute approximate surface area is 236 Å². The van der Waals surface area contributed by atoms with E-state index in [1.54, 1.807) is 49.4 Å². The fourth-order valence-electron chi connectivity index (χ4n) is 7.64. The highest BCUT2D eigenvalue weighted by atomic mass is 16.5. The van der Waals surface area contributed by atoms with Gasteiger partial charge in [-0.25, -0.2) is 4.90 Å². The van der Waals surface area contributed by atoms with Crippen LogP contribution in [-0.4, -0.2) is 58.4 Å². The molecule has 10 nitrogen and oxygen atoms in total. The number of methoxy groups -OCH3 is 1. The highest BCUT2D eigenvalue weighted by Crippen LogP contribution is 2.65. The Morgan fingerprint density at radius 3 is 2.41 bits per heavy atom. The summed E-state index contributed by atoms with van der Waals surface area (Å²) >= 11 is 0. The number of carbonyl (C=O) groups is 5. The van der Waals surface area contributed by atoms with Crippen molar-refractivity contribution >= 4 is 35.3 Å². The zero-order valence-electron chi connectivity index (χ0n) is 22.6. The van der Waals surface area contributed by atoms with Crippen LogP contribution >= 0.6 is 0 Å². The number of rotatable bonds is 6. The predicted molar refractivity (Wildman–Crippen MR) is 145 cm³/mol. The number of aliphatic carboxylic acids is 1. The first-order valence-corrected chi connectivity index (χ1v) is 13.7. The van der Waals surface area contributed by atoms with E-state index in [0.717, 1.165) is 4.90 Å². The van der Waals surface area contributed by atoms with E-state index >= 15 is 0 Å². The van der Waals surface area contributed by atoms with E-state index in [0.29, 0.717) is 22.6 Å². The minimum absolute atomic E-state index is 0.103. The molecular weight excluding hydrogens is 528 g/mol. The minimum atomic E-state index is -1.32. The molecule has 4 amide bonds. The Morgan fingerprint density at radius 1 is 1.00 bits per heavy atom. The molecule has 0 spiro atoms. The molecule has 2 aromatic rings. The summed E-state index contributed by atoms with van der Waals surface area (Å²) in [5.41, 5.74) is 0.181. The van der Waals surface area contributed by atoms with Gasteiger partial charge in [-0.05, 0) is 49.9 Å². The zero-order valence-corrected chi connectivity index (χ0v) is 22.6. The van der Waals surface area contributed by atoms with Crippen LogP contribution in [0.25, 0.3) is 0 Å². The molecule has 2 aliphatic carbocycles. The van der Waals surface area contributed by atoms with Crippen molar-refractivity contribution in [3.05, 3.63) is 65.7 Å². The highest BCUT2D eigenvalue weighted by Gasteiger charge is 2.68. The maximum absolute atomic E-state index is 14.4. The summed E-state index contributed by atoms with van der Waals surface area (Å²) < 4.78 is 5.64. The molecule has 0 aromatic heterocycles. The Hall–Kier alpha value is -4.47. The number of phenols is 1. The molecule has 0 unspecified atom stereocenters. The van der Waals surface area contributed by atoms with Gasteiger partial charge in [-0.1, -0.05) is 35.9 Å². The van der Waals surface area contributed by atoms with Crippen LogP contribution < -0.4 is 9.64 Å². The van der Waals surface area contributed by atoms with Crippen LogP contribution in [0.1, 0.15) is 37.7 Å². The number of carboxylic acids is 1. The van der Waals surface area contributed by atoms with E-state index in [1.165, 1.54) is 18.1 Å². The van der Waals surface area contributed by atoms with Gasteiger partial charge in [0.2, 0.25) is 23.6 Å². The number of ether oxygens (including phenoxy) is 1. The third kappa shape index (κ3) is 3.73. The van der Waals surface area contributed by atoms with Crippen molar-refractivity contribution in [1.82, 2.24) is 4.90 Å². The predicted octanol–water partition coefficient (Wildman–Crippen LogP) is 3.11. The number of imide groups is 2. The summed E-state index contributed by atoms with van der Waals surface area (Å²) in [4.78, 5) is 68.9. The van der Waals surface area contributed by atoms with Crippen molar-refractivity contribution < 1.29 is 38.9 Å². The third-order valence-electron chi connectivity index (χ3n) is 9.48. The van der Waals surface area contributed by atoms with Crippen LogP contribution in [0.15, 0.2) is 60.2 Å². The number of amides is 4. The molecule has 2 heterocycles. The first-order chi connectivity index (χ1) is 19.6. The summed E-state index contributed by atoms with van der Waals surface area (Å²) in [6.45, 7) is 1.51. The smallest absolute Gasteiger partial charge is 0.305 e. The number of carbonyl (C=O) groups excluding carboxylic acids is 4. The maximum Gasteiger partial charge on any atom is 0.305 e. The average Bonchev–Trinajstić information content (AvgIpc) is 3.32. The van der Waals surface area contributed by atoms with Crippen LogP contribution in [0.3, 0.4) is 0 Å². The van der Waals surface area contributed by atoms with Crippen molar-refractivity contribution in [1.29, 1.82) is 0 Å². The molecule has 6 rings (SSSR count). The fraction of sp³-hybridized carbons (Fsp3) is 0.387. The molecule has 2 aromatic carbocycles. The number of nitrogens with zero attached hydrogens (tertiary/aromatic N) is 2. The zero-order chi connectivity index (χ0) is 29.2. The van der Waals surface area contributed by atoms with Gasteiger partial charge in [-0.3, -0.25) is 28.9 Å². The van der Waals surface area contributed by atoms with E-state index < -0.39 is 64.6 Å². The van der Waals surface area contributed by atoms with Crippen molar-refractivity contribution in [3.8, 4) is 11.5 Å². The number of anilines is 1. The van der Waals surface area contributed by atoms with Gasteiger partial charge in [0.1, 0.15) is 11.5 Å². The van der Waals surface area contributed by atoms with E-state index in [1.807, 2.05) is 6.08 Å². The number of fused-ring (bicyclic) bond motifs is 4. The maximum atomic E-state index is 14.4. The molecule has 2 N–H and O–H groups in total. The molecule has 3 fully saturated rings. The largest absolute Gasteiger partial charge is 0.508 e. The van der Waals surface area contributed by atoms with Gasteiger partial charge in [0.15, 0.2) is 0 Å². The molecule has 10 heteroatoms. The molecule has 6 atom stereocenters. The van der Waals surface area contributed by atoms with Crippen LogP contribution in [0, 0.1) is 29.1 Å². The Bertz CT molecular complexity index is 1520. The molecule has 2 aliphatic heterocycles. The van der Waals surface area contributed by atoms with Gasteiger partial charge >= 0.3 is 5.97 Å². The minimum Gasteiger partial charge on any atom is -0.508 e. The van der Waals surface area contributed by atoms with Crippen molar-refractivity contribution in [2.45, 2.75) is 32.1 Å². The number of para-hydroxylation sites is 1. The van der Waals surface area contributed by atoms with Gasteiger partial charge in [-0.15, -0.1) is 0 Å². The van der Waals surface area contributed by atoms with Crippen molar-refractivity contribution in [3.63, 3.8) is 0 Å². The Kier molecular flexibility index (Phi) is 6.24. The number of hydrogen-bond acceptors (Lipinski definition) is 7. The van der Waals surface area contributed by atoms with E-state index in [9.17, 15) is 29.1 Å². The van der Waals surface area contributed by atoms with Gasteiger partial charge in [0, 0.05) is 18.0 Å². The van der Waals surface area contributed by atoms with Crippen molar-refractivity contribution in [2.75, 3.05) is 18.6 Å². The second kappa shape index (κ2) is 9.57. The topological polar surface area (TPSA) is 142 Å². The van der Waals surface area contributed by atoms with Crippen LogP contribution in [0.2, 0.25) is 0 Å². The summed E-state index contributed by atoms with van der Waals surface area (Å²) in [5.74, 6) is -6.27.